The predicted octanol–water partition coefficient (Wildman–Crippen LogP) is 1.74. The first-order chi connectivity index (χ1) is 4.83. The summed E-state index contributed by atoms with van der Waals surface area (Å²) in [6, 6.07) is 0. The van der Waals surface area contributed by atoms with Gasteiger partial charge in [-0.25, -0.2) is 0 Å². The van der Waals surface area contributed by atoms with Gasteiger partial charge in [0.2, 0.25) is 0 Å². The highest BCUT2D eigenvalue weighted by Gasteiger charge is 2.19. The monoisotopic (exact) mass is 142 g/mol. The summed E-state index contributed by atoms with van der Waals surface area (Å²) in [7, 11) is 0. The molecule has 1 saturated heterocycles. The Balaban J connectivity index is 2.25. The Labute approximate surface area is 61.6 Å². The molecule has 0 aromatic carbocycles. The summed E-state index contributed by atoms with van der Waals surface area (Å²) in [6.45, 7) is 2.80. The lowest BCUT2D eigenvalue weighted by molar-refractivity contribution is -0.149. The molecule has 1 fully saturated rings. The highest BCUT2D eigenvalue weighted by molar-refractivity contribution is 5.70. The number of carbonyl (C=O) groups excluding carboxylic acids is 1. The Morgan fingerprint density at radius 3 is 3.10 bits per heavy atom. The second kappa shape index (κ2) is 3.59. The fourth-order valence-electron chi connectivity index (χ4n) is 1.39. The molecule has 2 nitrogen and oxygen atoms in total. The van der Waals surface area contributed by atoms with Crippen LogP contribution in [0.2, 0.25) is 0 Å². The van der Waals surface area contributed by atoms with Crippen molar-refractivity contribution in [1.29, 1.82) is 0 Å². The Morgan fingerprint density at radius 1 is 1.70 bits per heavy atom. The van der Waals surface area contributed by atoms with Gasteiger partial charge >= 0.3 is 5.97 Å². The van der Waals surface area contributed by atoms with Crippen LogP contribution < -0.4 is 0 Å². The third-order valence-corrected chi connectivity index (χ3v) is 1.94. The van der Waals surface area contributed by atoms with E-state index in [2.05, 4.69) is 6.92 Å². The molecule has 0 aromatic rings. The third kappa shape index (κ3) is 2.01. The quantitative estimate of drug-likeness (QED) is 0.549. The lowest BCUT2D eigenvalue weighted by atomic mass is 9.95. The average Bonchev–Trinajstić information content (AvgIpc) is 1.88. The van der Waals surface area contributed by atoms with Crippen LogP contribution in [0.25, 0.3) is 0 Å². The molecule has 0 N–H and O–H groups in total. The SMILES string of the molecule is CCC[C@@H]1CCOC(=O)C1. The molecule has 0 spiro atoms. The fraction of sp³-hybridized carbons (Fsp3) is 0.875. The number of hydrogen-bond acceptors (Lipinski definition) is 2. The van der Waals surface area contributed by atoms with E-state index in [0.29, 0.717) is 18.9 Å². The van der Waals surface area contributed by atoms with Crippen molar-refractivity contribution < 1.29 is 9.53 Å². The molecular weight excluding hydrogens is 128 g/mol. The molecule has 0 aliphatic carbocycles. The van der Waals surface area contributed by atoms with Gasteiger partial charge in [-0.3, -0.25) is 4.79 Å². The third-order valence-electron chi connectivity index (χ3n) is 1.94. The van der Waals surface area contributed by atoms with Crippen LogP contribution in [-0.4, -0.2) is 12.6 Å². The van der Waals surface area contributed by atoms with Gasteiger partial charge in [-0.15, -0.1) is 0 Å². The standard InChI is InChI=1S/C8H14O2/c1-2-3-7-4-5-10-8(9)6-7/h7H,2-6H2,1H3/t7-/m1/s1. The molecule has 0 amide bonds. The molecule has 1 atom stereocenters. The lowest BCUT2D eigenvalue weighted by Crippen LogP contribution is -2.20. The molecule has 0 bridgehead atoms. The van der Waals surface area contributed by atoms with Gasteiger partial charge in [0, 0.05) is 6.42 Å². The van der Waals surface area contributed by atoms with Gasteiger partial charge in [0.05, 0.1) is 6.61 Å². The molecule has 58 valence electrons. The maximum absolute atomic E-state index is 10.7. The molecule has 0 radical (unpaired) electrons. The first kappa shape index (κ1) is 7.58. The van der Waals surface area contributed by atoms with Crippen LogP contribution in [0.5, 0.6) is 0 Å². The van der Waals surface area contributed by atoms with E-state index in [1.807, 2.05) is 0 Å². The van der Waals surface area contributed by atoms with E-state index in [4.69, 9.17) is 4.74 Å². The minimum absolute atomic E-state index is 0.00954. The number of carbonyl (C=O) groups is 1. The molecule has 0 unspecified atom stereocenters. The fourth-order valence-corrected chi connectivity index (χ4v) is 1.39. The molecule has 0 aromatic heterocycles. The van der Waals surface area contributed by atoms with E-state index >= 15 is 0 Å². The number of hydrogen-bond donors (Lipinski definition) is 0. The topological polar surface area (TPSA) is 26.3 Å². The first-order valence-corrected chi connectivity index (χ1v) is 3.98. The van der Waals surface area contributed by atoms with Crippen molar-refractivity contribution in [3.63, 3.8) is 0 Å². The minimum Gasteiger partial charge on any atom is -0.466 e. The molecule has 10 heavy (non-hydrogen) atoms. The van der Waals surface area contributed by atoms with E-state index in [0.717, 1.165) is 6.42 Å². The molecule has 1 rings (SSSR count). The summed E-state index contributed by atoms with van der Waals surface area (Å²) < 4.78 is 4.82. The molecule has 0 saturated carbocycles. The van der Waals surface area contributed by atoms with Crippen LogP contribution in [0.1, 0.15) is 32.6 Å². The van der Waals surface area contributed by atoms with Crippen LogP contribution >= 0.6 is 0 Å². The largest absolute Gasteiger partial charge is 0.466 e. The summed E-state index contributed by atoms with van der Waals surface area (Å²) >= 11 is 0. The van der Waals surface area contributed by atoms with Crippen molar-refractivity contribution >= 4 is 5.97 Å². The zero-order chi connectivity index (χ0) is 7.40. The number of esters is 1. The summed E-state index contributed by atoms with van der Waals surface area (Å²) in [5.74, 6) is 0.593. The van der Waals surface area contributed by atoms with E-state index in [-0.39, 0.29) is 5.97 Å². The van der Waals surface area contributed by atoms with Gasteiger partial charge in [0.15, 0.2) is 0 Å². The highest BCUT2D eigenvalue weighted by atomic mass is 16.5. The molecule has 2 heteroatoms. The van der Waals surface area contributed by atoms with E-state index in [1.54, 1.807) is 0 Å². The zero-order valence-electron chi connectivity index (χ0n) is 6.43. The van der Waals surface area contributed by atoms with Crippen molar-refractivity contribution in [3.05, 3.63) is 0 Å². The molecule has 1 aliphatic rings. The van der Waals surface area contributed by atoms with Gasteiger partial charge < -0.3 is 4.74 Å². The second-order valence-electron chi connectivity index (χ2n) is 2.87. The van der Waals surface area contributed by atoms with Gasteiger partial charge in [-0.1, -0.05) is 19.8 Å². The van der Waals surface area contributed by atoms with Gasteiger partial charge in [-0.05, 0) is 12.3 Å². The average molecular weight is 142 g/mol. The summed E-state index contributed by atoms with van der Waals surface area (Å²) in [4.78, 5) is 10.7. The maximum Gasteiger partial charge on any atom is 0.306 e. The first-order valence-electron chi connectivity index (χ1n) is 3.98. The van der Waals surface area contributed by atoms with Crippen molar-refractivity contribution in [3.8, 4) is 0 Å². The Kier molecular flexibility index (Phi) is 2.72. The number of ether oxygens (including phenoxy) is 1. The zero-order valence-corrected chi connectivity index (χ0v) is 6.43. The van der Waals surface area contributed by atoms with Gasteiger partial charge in [-0.2, -0.15) is 0 Å². The highest BCUT2D eigenvalue weighted by Crippen LogP contribution is 2.20. The number of cyclic esters (lactones) is 1. The molecule has 1 heterocycles. The maximum atomic E-state index is 10.7. The van der Waals surface area contributed by atoms with E-state index in [1.165, 1.54) is 12.8 Å². The predicted molar refractivity (Wildman–Crippen MR) is 38.6 cm³/mol. The van der Waals surface area contributed by atoms with Crippen molar-refractivity contribution in [1.82, 2.24) is 0 Å². The summed E-state index contributed by atoms with van der Waals surface area (Å²) in [5.41, 5.74) is 0. The van der Waals surface area contributed by atoms with Crippen LogP contribution in [0, 0.1) is 5.92 Å². The normalized spacial score (nSPS) is 26.1. The van der Waals surface area contributed by atoms with E-state index in [9.17, 15) is 4.79 Å². The smallest absolute Gasteiger partial charge is 0.306 e. The Hall–Kier alpha value is -0.530. The van der Waals surface area contributed by atoms with E-state index < -0.39 is 0 Å². The molecule has 1 aliphatic heterocycles. The Morgan fingerprint density at radius 2 is 2.50 bits per heavy atom. The minimum atomic E-state index is -0.00954. The van der Waals surface area contributed by atoms with Crippen LogP contribution in [0.3, 0.4) is 0 Å². The van der Waals surface area contributed by atoms with Crippen LogP contribution in [-0.2, 0) is 9.53 Å². The summed E-state index contributed by atoms with van der Waals surface area (Å²) in [6.07, 6.45) is 4.07. The summed E-state index contributed by atoms with van der Waals surface area (Å²) in [5, 5.41) is 0. The van der Waals surface area contributed by atoms with Gasteiger partial charge in [0.1, 0.15) is 0 Å². The second-order valence-corrected chi connectivity index (χ2v) is 2.87. The van der Waals surface area contributed by atoms with Gasteiger partial charge in [0.25, 0.3) is 0 Å². The van der Waals surface area contributed by atoms with Crippen molar-refractivity contribution in [2.45, 2.75) is 32.6 Å². The van der Waals surface area contributed by atoms with Crippen molar-refractivity contribution in [2.75, 3.05) is 6.61 Å². The number of rotatable bonds is 2. The van der Waals surface area contributed by atoms with Crippen LogP contribution in [0.4, 0.5) is 0 Å². The molecular formula is C8H14O2. The van der Waals surface area contributed by atoms with Crippen LogP contribution in [0.15, 0.2) is 0 Å². The Bertz CT molecular complexity index is 118. The lowest BCUT2D eigenvalue weighted by Gasteiger charge is -2.20. The van der Waals surface area contributed by atoms with Crippen molar-refractivity contribution in [2.24, 2.45) is 5.92 Å².